The Bertz CT molecular complexity index is 154. The number of aliphatic hydroxyl groups is 2. The summed E-state index contributed by atoms with van der Waals surface area (Å²) in [6.07, 6.45) is 1.74. The molecular formula is C9H16O4. The van der Waals surface area contributed by atoms with Crippen LogP contribution in [0, 0.1) is 0 Å². The minimum Gasteiger partial charge on any atom is -0.460 e. The first-order valence-electron chi connectivity index (χ1n) is 3.77. The molecule has 0 rings (SSSR count). The molecule has 4 nitrogen and oxygen atoms in total. The average molecular weight is 188 g/mol. The van der Waals surface area contributed by atoms with Crippen LogP contribution in [0.25, 0.3) is 0 Å². The molecule has 0 amide bonds. The van der Waals surface area contributed by atoms with Gasteiger partial charge in [-0.15, -0.1) is 6.58 Å². The highest BCUT2D eigenvalue weighted by Crippen LogP contribution is 1.84. The van der Waals surface area contributed by atoms with Gasteiger partial charge in [-0.2, -0.15) is 0 Å². The fourth-order valence-electron chi connectivity index (χ4n) is 0.290. The Morgan fingerprint density at radius 3 is 2.38 bits per heavy atom. The molecule has 0 fully saturated rings. The van der Waals surface area contributed by atoms with Crippen molar-refractivity contribution in [1.82, 2.24) is 0 Å². The van der Waals surface area contributed by atoms with Crippen LogP contribution in [-0.2, 0) is 9.53 Å². The second-order valence-corrected chi connectivity index (χ2v) is 2.08. The first-order valence-corrected chi connectivity index (χ1v) is 3.77. The minimum absolute atomic E-state index is 0.193. The van der Waals surface area contributed by atoms with Crippen LogP contribution in [-0.4, -0.2) is 35.5 Å². The molecular weight excluding hydrogens is 172 g/mol. The SMILES string of the molecule is C=CC.C=CC(=O)OCC(O)CO. The van der Waals surface area contributed by atoms with E-state index in [9.17, 15) is 4.79 Å². The summed E-state index contributed by atoms with van der Waals surface area (Å²) in [5.74, 6) is -0.604. The van der Waals surface area contributed by atoms with Gasteiger partial charge < -0.3 is 14.9 Å². The summed E-state index contributed by atoms with van der Waals surface area (Å²) in [6.45, 7) is 7.79. The molecule has 0 aliphatic heterocycles. The molecule has 76 valence electrons. The van der Waals surface area contributed by atoms with E-state index in [4.69, 9.17) is 10.2 Å². The topological polar surface area (TPSA) is 66.8 Å². The molecule has 4 heteroatoms. The van der Waals surface area contributed by atoms with E-state index in [0.29, 0.717) is 0 Å². The lowest BCUT2D eigenvalue weighted by Crippen LogP contribution is -2.21. The van der Waals surface area contributed by atoms with Crippen molar-refractivity contribution >= 4 is 5.97 Å². The number of esters is 1. The largest absolute Gasteiger partial charge is 0.460 e. The van der Waals surface area contributed by atoms with Crippen molar-refractivity contribution in [2.45, 2.75) is 13.0 Å². The Labute approximate surface area is 78.1 Å². The molecule has 0 aromatic heterocycles. The quantitative estimate of drug-likeness (QED) is 0.377. The lowest BCUT2D eigenvalue weighted by molar-refractivity contribution is -0.141. The summed E-state index contributed by atoms with van der Waals surface area (Å²) in [5.41, 5.74) is 0. The van der Waals surface area contributed by atoms with Crippen LogP contribution < -0.4 is 0 Å². The van der Waals surface area contributed by atoms with Crippen molar-refractivity contribution in [2.24, 2.45) is 0 Å². The number of rotatable bonds is 4. The maximum absolute atomic E-state index is 10.3. The van der Waals surface area contributed by atoms with Gasteiger partial charge in [-0.05, 0) is 6.92 Å². The third kappa shape index (κ3) is 13.8. The van der Waals surface area contributed by atoms with Crippen LogP contribution in [0.5, 0.6) is 0 Å². The normalized spacial score (nSPS) is 10.4. The van der Waals surface area contributed by atoms with Crippen molar-refractivity contribution in [3.05, 3.63) is 25.3 Å². The zero-order valence-corrected chi connectivity index (χ0v) is 7.77. The predicted molar refractivity (Wildman–Crippen MR) is 50.1 cm³/mol. The second-order valence-electron chi connectivity index (χ2n) is 2.08. The van der Waals surface area contributed by atoms with Crippen molar-refractivity contribution in [2.75, 3.05) is 13.2 Å². The van der Waals surface area contributed by atoms with Gasteiger partial charge in [-0.1, -0.05) is 12.7 Å². The van der Waals surface area contributed by atoms with Gasteiger partial charge in [0.15, 0.2) is 0 Å². The monoisotopic (exact) mass is 188 g/mol. The standard InChI is InChI=1S/C6H10O4.C3H6/c1-2-6(9)10-4-5(8)3-7;1-3-2/h2,5,7-8H,1,3-4H2;3H,1H2,2H3. The van der Waals surface area contributed by atoms with Crippen molar-refractivity contribution < 1.29 is 19.7 Å². The van der Waals surface area contributed by atoms with Gasteiger partial charge in [0.25, 0.3) is 0 Å². The van der Waals surface area contributed by atoms with E-state index < -0.39 is 18.7 Å². The molecule has 0 aliphatic rings. The molecule has 0 spiro atoms. The summed E-state index contributed by atoms with van der Waals surface area (Å²) in [4.78, 5) is 10.3. The van der Waals surface area contributed by atoms with Gasteiger partial charge in [-0.25, -0.2) is 4.79 Å². The third-order valence-electron chi connectivity index (χ3n) is 0.795. The van der Waals surface area contributed by atoms with E-state index >= 15 is 0 Å². The van der Waals surface area contributed by atoms with Crippen molar-refractivity contribution in [3.63, 3.8) is 0 Å². The fourth-order valence-corrected chi connectivity index (χ4v) is 0.290. The molecule has 1 atom stereocenters. The van der Waals surface area contributed by atoms with Crippen LogP contribution in [0.15, 0.2) is 25.3 Å². The maximum atomic E-state index is 10.3. The molecule has 1 unspecified atom stereocenters. The van der Waals surface area contributed by atoms with Gasteiger partial charge in [0.05, 0.1) is 6.61 Å². The van der Waals surface area contributed by atoms with E-state index in [2.05, 4.69) is 17.9 Å². The number of carbonyl (C=O) groups excluding carboxylic acids is 1. The number of hydrogen-bond acceptors (Lipinski definition) is 4. The Balaban J connectivity index is 0. The lowest BCUT2D eigenvalue weighted by Gasteiger charge is -2.05. The molecule has 0 heterocycles. The van der Waals surface area contributed by atoms with E-state index in [-0.39, 0.29) is 6.61 Å². The summed E-state index contributed by atoms with van der Waals surface area (Å²) in [7, 11) is 0. The maximum Gasteiger partial charge on any atom is 0.330 e. The predicted octanol–water partition coefficient (Wildman–Crippen LogP) is 0.261. The van der Waals surface area contributed by atoms with E-state index in [1.54, 1.807) is 6.08 Å². The highest BCUT2D eigenvalue weighted by atomic mass is 16.5. The number of allylic oxidation sites excluding steroid dienone is 1. The smallest absolute Gasteiger partial charge is 0.330 e. The lowest BCUT2D eigenvalue weighted by atomic mass is 10.4. The van der Waals surface area contributed by atoms with Crippen LogP contribution in [0.1, 0.15) is 6.92 Å². The number of aliphatic hydroxyl groups excluding tert-OH is 2. The zero-order chi connectivity index (χ0) is 10.7. The van der Waals surface area contributed by atoms with Crippen LogP contribution in [0.4, 0.5) is 0 Å². The summed E-state index contributed by atoms with van der Waals surface area (Å²) >= 11 is 0. The van der Waals surface area contributed by atoms with Gasteiger partial charge >= 0.3 is 5.97 Å². The summed E-state index contributed by atoms with van der Waals surface area (Å²) < 4.78 is 4.38. The van der Waals surface area contributed by atoms with Crippen LogP contribution in [0.2, 0.25) is 0 Å². The molecule has 0 aromatic rings. The molecule has 0 aliphatic carbocycles. The van der Waals surface area contributed by atoms with Crippen LogP contribution in [0.3, 0.4) is 0 Å². The molecule has 0 radical (unpaired) electrons. The summed E-state index contributed by atoms with van der Waals surface area (Å²) in [5, 5.41) is 16.9. The van der Waals surface area contributed by atoms with Crippen molar-refractivity contribution in [3.8, 4) is 0 Å². The molecule has 0 saturated carbocycles. The molecule has 2 N–H and O–H groups in total. The fraction of sp³-hybridized carbons (Fsp3) is 0.444. The number of hydrogen-bond donors (Lipinski definition) is 2. The highest BCUT2D eigenvalue weighted by Gasteiger charge is 2.03. The van der Waals surface area contributed by atoms with E-state index in [1.165, 1.54) is 0 Å². The Morgan fingerprint density at radius 2 is 2.08 bits per heavy atom. The average Bonchev–Trinajstić information content (AvgIpc) is 2.14. The van der Waals surface area contributed by atoms with Gasteiger partial charge in [0.1, 0.15) is 12.7 Å². The van der Waals surface area contributed by atoms with E-state index in [0.717, 1.165) is 6.08 Å². The minimum atomic E-state index is -0.996. The molecule has 0 saturated heterocycles. The van der Waals surface area contributed by atoms with E-state index in [1.807, 2.05) is 6.92 Å². The number of carbonyl (C=O) groups is 1. The van der Waals surface area contributed by atoms with Crippen LogP contribution >= 0.6 is 0 Å². The number of ether oxygens (including phenoxy) is 1. The van der Waals surface area contributed by atoms with Gasteiger partial charge in [0.2, 0.25) is 0 Å². The summed E-state index contributed by atoms with van der Waals surface area (Å²) in [6, 6.07) is 0. The van der Waals surface area contributed by atoms with Gasteiger partial charge in [0, 0.05) is 6.08 Å². The Kier molecular flexibility index (Phi) is 12.0. The highest BCUT2D eigenvalue weighted by molar-refractivity contribution is 5.81. The first-order chi connectivity index (χ1) is 6.12. The zero-order valence-electron chi connectivity index (χ0n) is 7.77. The molecule has 0 bridgehead atoms. The van der Waals surface area contributed by atoms with Gasteiger partial charge in [-0.3, -0.25) is 0 Å². The Morgan fingerprint density at radius 1 is 1.62 bits per heavy atom. The third-order valence-corrected chi connectivity index (χ3v) is 0.795. The molecule has 13 heavy (non-hydrogen) atoms. The molecule has 0 aromatic carbocycles. The second kappa shape index (κ2) is 10.9. The van der Waals surface area contributed by atoms with Crippen molar-refractivity contribution in [1.29, 1.82) is 0 Å². The first kappa shape index (κ1) is 14.4. The Hall–Kier alpha value is -1.13.